The summed E-state index contributed by atoms with van der Waals surface area (Å²) in [7, 11) is -5.70. The molecule has 2 aliphatic rings. The zero-order valence-corrected chi connectivity index (χ0v) is 14.0. The molecule has 0 aromatic carbocycles. The minimum atomic E-state index is -5.70. The molecule has 2 atom stereocenters. The van der Waals surface area contributed by atoms with E-state index < -0.39 is 32.9 Å². The highest BCUT2D eigenvalue weighted by molar-refractivity contribution is 7.87. The monoisotopic (exact) mass is 359 g/mol. The molecule has 2 fully saturated rings. The second-order valence-corrected chi connectivity index (χ2v) is 8.67. The van der Waals surface area contributed by atoms with Crippen LogP contribution in [-0.2, 0) is 19.0 Å². The zero-order chi connectivity index (χ0) is 17.7. The Kier molecular flexibility index (Phi) is 4.38. The van der Waals surface area contributed by atoms with E-state index in [0.29, 0.717) is 13.0 Å². The van der Waals surface area contributed by atoms with Crippen LogP contribution in [0.4, 0.5) is 18.0 Å². The molecular formula is C13H20F3NO5S. The molecule has 1 aliphatic heterocycles. The molecule has 0 radical (unpaired) electrons. The van der Waals surface area contributed by atoms with Crippen molar-refractivity contribution in [1.82, 2.24) is 4.90 Å². The number of hydrogen-bond acceptors (Lipinski definition) is 5. The highest BCUT2D eigenvalue weighted by Crippen LogP contribution is 2.45. The third-order valence-electron chi connectivity index (χ3n) is 3.85. The Bertz CT molecular complexity index is 583. The average molecular weight is 359 g/mol. The number of likely N-dealkylation sites (tertiary alicyclic amines) is 1. The molecule has 2 unspecified atom stereocenters. The van der Waals surface area contributed by atoms with Crippen LogP contribution in [0.1, 0.15) is 40.0 Å². The molecule has 0 aromatic heterocycles. The molecule has 134 valence electrons. The number of carbonyl (C=O) groups excluding carboxylic acids is 1. The van der Waals surface area contributed by atoms with Crippen LogP contribution >= 0.6 is 0 Å². The van der Waals surface area contributed by atoms with Crippen LogP contribution in [0.25, 0.3) is 0 Å². The first-order valence-corrected chi connectivity index (χ1v) is 8.64. The van der Waals surface area contributed by atoms with Crippen molar-refractivity contribution in [1.29, 1.82) is 0 Å². The highest BCUT2D eigenvalue weighted by atomic mass is 32.2. The highest BCUT2D eigenvalue weighted by Gasteiger charge is 2.56. The fraction of sp³-hybridized carbons (Fsp3) is 0.923. The van der Waals surface area contributed by atoms with Gasteiger partial charge in [0.1, 0.15) is 11.2 Å². The fourth-order valence-electron chi connectivity index (χ4n) is 3.07. The van der Waals surface area contributed by atoms with Crippen LogP contribution in [0, 0.1) is 5.92 Å². The summed E-state index contributed by atoms with van der Waals surface area (Å²) >= 11 is 0. The van der Waals surface area contributed by atoms with E-state index in [1.165, 1.54) is 4.90 Å². The van der Waals surface area contributed by atoms with Crippen molar-refractivity contribution in [2.75, 3.05) is 13.1 Å². The van der Waals surface area contributed by atoms with Gasteiger partial charge in [-0.1, -0.05) is 0 Å². The second kappa shape index (κ2) is 5.51. The zero-order valence-electron chi connectivity index (χ0n) is 13.1. The topological polar surface area (TPSA) is 72.9 Å². The van der Waals surface area contributed by atoms with Gasteiger partial charge in [-0.2, -0.15) is 21.6 Å². The van der Waals surface area contributed by atoms with Crippen molar-refractivity contribution in [2.24, 2.45) is 5.92 Å². The molecule has 1 saturated heterocycles. The number of ether oxygens (including phenoxy) is 1. The number of amides is 1. The minimum absolute atomic E-state index is 0.0975. The van der Waals surface area contributed by atoms with E-state index in [2.05, 4.69) is 4.18 Å². The van der Waals surface area contributed by atoms with Gasteiger partial charge in [0.05, 0.1) is 6.54 Å². The Morgan fingerprint density at radius 1 is 1.26 bits per heavy atom. The number of nitrogens with zero attached hydrogens (tertiary/aromatic N) is 1. The molecule has 0 spiro atoms. The number of rotatable bonds is 2. The molecular weight excluding hydrogens is 339 g/mol. The van der Waals surface area contributed by atoms with Crippen molar-refractivity contribution < 1.29 is 35.3 Å². The first kappa shape index (κ1) is 18.3. The van der Waals surface area contributed by atoms with Gasteiger partial charge < -0.3 is 9.64 Å². The number of piperidine rings is 1. The van der Waals surface area contributed by atoms with Crippen LogP contribution in [0.2, 0.25) is 0 Å². The van der Waals surface area contributed by atoms with E-state index in [0.717, 1.165) is 0 Å². The summed E-state index contributed by atoms with van der Waals surface area (Å²) in [4.78, 5) is 13.3. The Hall–Kier alpha value is -1.03. The molecule has 10 heteroatoms. The van der Waals surface area contributed by atoms with Gasteiger partial charge in [-0.05, 0) is 46.0 Å². The normalized spacial score (nSPS) is 28.8. The summed E-state index contributed by atoms with van der Waals surface area (Å²) in [6.45, 7) is 5.11. The predicted molar refractivity (Wildman–Crippen MR) is 73.9 cm³/mol. The lowest BCUT2D eigenvalue weighted by Gasteiger charge is -2.39. The summed E-state index contributed by atoms with van der Waals surface area (Å²) in [5.41, 5.74) is -7.75. The SMILES string of the molecule is CC(C)(C)OC(=O)N1CC2CCC(OS(=O)(=O)C(F)(F)F)(C2)C1. The molecule has 6 nitrogen and oxygen atoms in total. The minimum Gasteiger partial charge on any atom is -0.444 e. The van der Waals surface area contributed by atoms with Crippen LogP contribution < -0.4 is 0 Å². The maximum atomic E-state index is 12.6. The number of fused-ring (bicyclic) bond motifs is 2. The number of carbonyl (C=O) groups is 1. The Labute approximate surface area is 133 Å². The van der Waals surface area contributed by atoms with Gasteiger partial charge in [-0.25, -0.2) is 4.79 Å². The summed E-state index contributed by atoms with van der Waals surface area (Å²) in [6.07, 6.45) is 0.169. The van der Waals surface area contributed by atoms with Crippen LogP contribution in [-0.4, -0.2) is 49.2 Å². The van der Waals surface area contributed by atoms with Gasteiger partial charge in [0.2, 0.25) is 0 Å². The van der Waals surface area contributed by atoms with E-state index in [1.54, 1.807) is 20.8 Å². The van der Waals surface area contributed by atoms with Crippen LogP contribution in [0.3, 0.4) is 0 Å². The van der Waals surface area contributed by atoms with Crippen molar-refractivity contribution in [3.05, 3.63) is 0 Å². The van der Waals surface area contributed by atoms with E-state index in [1.807, 2.05) is 0 Å². The molecule has 23 heavy (non-hydrogen) atoms. The van der Waals surface area contributed by atoms with Gasteiger partial charge in [-0.15, -0.1) is 0 Å². The van der Waals surface area contributed by atoms with E-state index in [9.17, 15) is 26.4 Å². The fourth-order valence-corrected chi connectivity index (χ4v) is 3.83. The maximum absolute atomic E-state index is 12.6. The van der Waals surface area contributed by atoms with Gasteiger partial charge in [0.25, 0.3) is 0 Å². The van der Waals surface area contributed by atoms with Gasteiger partial charge in [0, 0.05) is 6.54 Å². The molecule has 2 rings (SSSR count). The maximum Gasteiger partial charge on any atom is 0.523 e. The molecule has 1 aliphatic carbocycles. The molecule has 1 heterocycles. The first-order valence-electron chi connectivity index (χ1n) is 7.23. The van der Waals surface area contributed by atoms with Crippen molar-refractivity contribution >= 4 is 16.2 Å². The lowest BCUT2D eigenvalue weighted by molar-refractivity contribution is -0.0728. The van der Waals surface area contributed by atoms with E-state index in [-0.39, 0.29) is 25.3 Å². The van der Waals surface area contributed by atoms with E-state index in [4.69, 9.17) is 4.74 Å². The lowest BCUT2D eigenvalue weighted by Crippen LogP contribution is -2.53. The average Bonchev–Trinajstić information content (AvgIpc) is 2.59. The van der Waals surface area contributed by atoms with Crippen LogP contribution in [0.15, 0.2) is 0 Å². The van der Waals surface area contributed by atoms with Gasteiger partial charge in [0.15, 0.2) is 0 Å². The third kappa shape index (κ3) is 4.09. The quantitative estimate of drug-likeness (QED) is 0.560. The summed E-state index contributed by atoms with van der Waals surface area (Å²) < 4.78 is 70.1. The van der Waals surface area contributed by atoms with E-state index >= 15 is 0 Å². The Balaban J connectivity index is 2.16. The first-order chi connectivity index (χ1) is 10.2. The van der Waals surface area contributed by atoms with Crippen molar-refractivity contribution in [3.8, 4) is 0 Å². The smallest absolute Gasteiger partial charge is 0.444 e. The molecule has 2 bridgehead atoms. The Morgan fingerprint density at radius 3 is 2.39 bits per heavy atom. The van der Waals surface area contributed by atoms with Crippen molar-refractivity contribution in [2.45, 2.75) is 56.7 Å². The Morgan fingerprint density at radius 2 is 1.87 bits per heavy atom. The third-order valence-corrected chi connectivity index (χ3v) is 4.99. The summed E-state index contributed by atoms with van der Waals surface area (Å²) in [6, 6.07) is 0. The second-order valence-electron chi connectivity index (χ2n) is 7.14. The number of alkyl halides is 3. The molecule has 0 N–H and O–H groups in total. The molecule has 1 saturated carbocycles. The van der Waals surface area contributed by atoms with Crippen molar-refractivity contribution in [3.63, 3.8) is 0 Å². The number of halogens is 3. The molecule has 0 aromatic rings. The lowest BCUT2D eigenvalue weighted by atomic mass is 9.95. The summed E-state index contributed by atoms with van der Waals surface area (Å²) in [5.74, 6) is -0.0975. The van der Waals surface area contributed by atoms with Gasteiger partial charge >= 0.3 is 21.7 Å². The summed E-state index contributed by atoms with van der Waals surface area (Å²) in [5, 5.41) is 0. The van der Waals surface area contributed by atoms with Gasteiger partial charge in [-0.3, -0.25) is 4.18 Å². The standard InChI is InChI=1S/C13H20F3NO5S/c1-11(2,3)21-10(18)17-7-9-4-5-12(6-9,8-17)22-23(19,20)13(14,15)16/h9H,4-8H2,1-3H3. The number of hydrogen-bond donors (Lipinski definition) is 0. The predicted octanol–water partition coefficient (Wildman–Crippen LogP) is 2.64. The largest absolute Gasteiger partial charge is 0.523 e. The van der Waals surface area contributed by atoms with Crippen LogP contribution in [0.5, 0.6) is 0 Å². The molecule has 1 amide bonds.